The third-order valence-corrected chi connectivity index (χ3v) is 2.19. The van der Waals surface area contributed by atoms with Gasteiger partial charge in [0.2, 0.25) is 0 Å². The molecule has 1 aromatic carbocycles. The first-order valence-electron chi connectivity index (χ1n) is 5.13. The zero-order valence-corrected chi connectivity index (χ0v) is 9.23. The fourth-order valence-corrected chi connectivity index (χ4v) is 1.36. The van der Waals surface area contributed by atoms with Crippen molar-refractivity contribution in [3.05, 3.63) is 35.9 Å². The summed E-state index contributed by atoms with van der Waals surface area (Å²) in [6.07, 6.45) is 0.474. The Kier molecular flexibility index (Phi) is 5.10. The maximum Gasteiger partial charge on any atom is 0.321 e. The van der Waals surface area contributed by atoms with Crippen LogP contribution in [0.3, 0.4) is 0 Å². The van der Waals surface area contributed by atoms with E-state index >= 15 is 0 Å². The van der Waals surface area contributed by atoms with E-state index in [1.165, 1.54) is 0 Å². The fourth-order valence-electron chi connectivity index (χ4n) is 1.36. The number of benzene rings is 1. The normalized spacial score (nSPS) is 11.3. The smallest absolute Gasteiger partial charge is 0.321 e. The van der Waals surface area contributed by atoms with Crippen LogP contribution in [0.4, 0.5) is 0 Å². The summed E-state index contributed by atoms with van der Waals surface area (Å²) in [4.78, 5) is 11.0. The first-order valence-corrected chi connectivity index (χ1v) is 5.13. The van der Waals surface area contributed by atoms with Gasteiger partial charge in [-0.3, -0.25) is 10.1 Å². The van der Waals surface area contributed by atoms with Crippen LogP contribution in [0, 0.1) is 11.8 Å². The highest BCUT2D eigenvalue weighted by atomic mass is 16.4. The van der Waals surface area contributed by atoms with Gasteiger partial charge in [0, 0.05) is 0 Å². The van der Waals surface area contributed by atoms with Crippen molar-refractivity contribution in [3.8, 4) is 11.8 Å². The molecular formula is C13H15NO2. The molecular weight excluding hydrogens is 202 g/mol. The van der Waals surface area contributed by atoms with Gasteiger partial charge < -0.3 is 5.11 Å². The summed E-state index contributed by atoms with van der Waals surface area (Å²) in [5.41, 5.74) is 1.01. The van der Waals surface area contributed by atoms with Crippen molar-refractivity contribution < 1.29 is 9.90 Å². The number of carboxylic acids is 1. The Hall–Kier alpha value is -1.79. The van der Waals surface area contributed by atoms with Gasteiger partial charge in [-0.1, -0.05) is 36.3 Å². The molecule has 0 spiro atoms. The largest absolute Gasteiger partial charge is 0.480 e. The molecule has 1 atom stereocenters. The molecule has 0 radical (unpaired) electrons. The first-order chi connectivity index (χ1) is 7.74. The second kappa shape index (κ2) is 6.65. The van der Waals surface area contributed by atoms with E-state index < -0.39 is 12.0 Å². The molecule has 1 aromatic rings. The van der Waals surface area contributed by atoms with Gasteiger partial charge >= 0.3 is 5.97 Å². The van der Waals surface area contributed by atoms with Gasteiger partial charge in [0.25, 0.3) is 0 Å². The van der Waals surface area contributed by atoms with Gasteiger partial charge in [-0.2, -0.15) is 0 Å². The number of rotatable bonds is 5. The molecule has 0 aliphatic carbocycles. The summed E-state index contributed by atoms with van der Waals surface area (Å²) in [7, 11) is 0. The van der Waals surface area contributed by atoms with Crippen LogP contribution in [-0.4, -0.2) is 23.7 Å². The van der Waals surface area contributed by atoms with Gasteiger partial charge in [0.1, 0.15) is 6.04 Å². The van der Waals surface area contributed by atoms with Gasteiger partial charge in [-0.05, 0) is 18.9 Å². The molecule has 0 aliphatic rings. The highest BCUT2D eigenvalue weighted by Gasteiger charge is 2.16. The fraction of sp³-hybridized carbons (Fsp3) is 0.308. The SMILES string of the molecule is CC#CCN[C@@H](Cc1ccccc1)C(=O)O. The summed E-state index contributed by atoms with van der Waals surface area (Å²) in [6.45, 7) is 2.13. The standard InChI is InChI=1S/C13H15NO2/c1-2-3-9-14-12(13(15)16)10-11-7-5-4-6-8-11/h4-8,12,14H,9-10H2,1H3,(H,15,16)/t12-/m0/s1. The van der Waals surface area contributed by atoms with Crippen molar-refractivity contribution in [2.24, 2.45) is 0 Å². The Balaban J connectivity index is 2.57. The van der Waals surface area contributed by atoms with E-state index in [0.717, 1.165) is 5.56 Å². The zero-order valence-electron chi connectivity index (χ0n) is 9.23. The summed E-state index contributed by atoms with van der Waals surface area (Å²) in [5, 5.41) is 11.9. The minimum Gasteiger partial charge on any atom is -0.480 e. The van der Waals surface area contributed by atoms with E-state index in [1.807, 2.05) is 30.3 Å². The van der Waals surface area contributed by atoms with Crippen LogP contribution in [0.15, 0.2) is 30.3 Å². The topological polar surface area (TPSA) is 49.3 Å². The average Bonchev–Trinajstić information content (AvgIpc) is 2.29. The second-order valence-corrected chi connectivity index (χ2v) is 3.39. The summed E-state index contributed by atoms with van der Waals surface area (Å²) < 4.78 is 0. The molecule has 0 saturated heterocycles. The maximum absolute atomic E-state index is 11.0. The molecule has 0 fully saturated rings. The van der Waals surface area contributed by atoms with Crippen LogP contribution in [0.1, 0.15) is 12.5 Å². The van der Waals surface area contributed by atoms with Gasteiger partial charge in [0.15, 0.2) is 0 Å². The highest BCUT2D eigenvalue weighted by Crippen LogP contribution is 2.03. The number of hydrogen-bond acceptors (Lipinski definition) is 2. The van der Waals surface area contributed by atoms with Gasteiger partial charge in [0.05, 0.1) is 6.54 Å². The van der Waals surface area contributed by atoms with Crippen molar-refractivity contribution in [1.29, 1.82) is 0 Å². The van der Waals surface area contributed by atoms with E-state index in [4.69, 9.17) is 5.11 Å². The zero-order chi connectivity index (χ0) is 11.8. The quantitative estimate of drug-likeness (QED) is 0.731. The molecule has 16 heavy (non-hydrogen) atoms. The lowest BCUT2D eigenvalue weighted by Crippen LogP contribution is -2.38. The molecule has 0 amide bonds. The van der Waals surface area contributed by atoms with Crippen molar-refractivity contribution in [1.82, 2.24) is 5.32 Å². The lowest BCUT2D eigenvalue weighted by Gasteiger charge is -2.12. The van der Waals surface area contributed by atoms with E-state index in [1.54, 1.807) is 6.92 Å². The number of aliphatic carboxylic acids is 1. The van der Waals surface area contributed by atoms with Crippen LogP contribution >= 0.6 is 0 Å². The van der Waals surface area contributed by atoms with Crippen molar-refractivity contribution in [3.63, 3.8) is 0 Å². The molecule has 1 rings (SSSR count). The Labute approximate surface area is 95.5 Å². The number of hydrogen-bond donors (Lipinski definition) is 2. The minimum atomic E-state index is -0.846. The van der Waals surface area contributed by atoms with Crippen molar-refractivity contribution in [2.75, 3.05) is 6.54 Å². The minimum absolute atomic E-state index is 0.403. The summed E-state index contributed by atoms with van der Waals surface area (Å²) in [6, 6.07) is 8.98. The third-order valence-electron chi connectivity index (χ3n) is 2.19. The molecule has 0 aliphatic heterocycles. The summed E-state index contributed by atoms with van der Waals surface area (Å²) >= 11 is 0. The Bertz CT molecular complexity index is 389. The molecule has 0 aromatic heterocycles. The van der Waals surface area contributed by atoms with E-state index in [0.29, 0.717) is 13.0 Å². The molecule has 0 bridgehead atoms. The average molecular weight is 217 g/mol. The van der Waals surface area contributed by atoms with Crippen LogP contribution in [0.2, 0.25) is 0 Å². The monoisotopic (exact) mass is 217 g/mol. The van der Waals surface area contributed by atoms with Crippen molar-refractivity contribution >= 4 is 5.97 Å². The Morgan fingerprint density at radius 3 is 2.69 bits per heavy atom. The van der Waals surface area contributed by atoms with Crippen LogP contribution in [0.25, 0.3) is 0 Å². The lowest BCUT2D eigenvalue weighted by molar-refractivity contribution is -0.139. The maximum atomic E-state index is 11.0. The van der Waals surface area contributed by atoms with Gasteiger partial charge in [-0.15, -0.1) is 5.92 Å². The summed E-state index contributed by atoms with van der Waals surface area (Å²) in [5.74, 6) is 4.67. The molecule has 0 saturated carbocycles. The van der Waals surface area contributed by atoms with E-state index in [2.05, 4.69) is 17.2 Å². The molecule has 0 unspecified atom stereocenters. The molecule has 3 nitrogen and oxygen atoms in total. The predicted molar refractivity (Wildman–Crippen MR) is 63.0 cm³/mol. The number of carbonyl (C=O) groups is 1. The van der Waals surface area contributed by atoms with E-state index in [-0.39, 0.29) is 0 Å². The molecule has 3 heteroatoms. The van der Waals surface area contributed by atoms with Crippen LogP contribution in [0.5, 0.6) is 0 Å². The van der Waals surface area contributed by atoms with Crippen LogP contribution in [-0.2, 0) is 11.2 Å². The highest BCUT2D eigenvalue weighted by molar-refractivity contribution is 5.73. The van der Waals surface area contributed by atoms with Crippen LogP contribution < -0.4 is 5.32 Å². The predicted octanol–water partition coefficient (Wildman–Crippen LogP) is 1.30. The molecule has 84 valence electrons. The molecule has 2 N–H and O–H groups in total. The lowest BCUT2D eigenvalue weighted by atomic mass is 10.1. The van der Waals surface area contributed by atoms with Gasteiger partial charge in [-0.25, -0.2) is 0 Å². The molecule has 0 heterocycles. The second-order valence-electron chi connectivity index (χ2n) is 3.39. The van der Waals surface area contributed by atoms with Crippen molar-refractivity contribution in [2.45, 2.75) is 19.4 Å². The Morgan fingerprint density at radius 2 is 2.12 bits per heavy atom. The first kappa shape index (κ1) is 12.3. The number of nitrogens with one attached hydrogen (secondary N) is 1. The Morgan fingerprint density at radius 1 is 1.44 bits per heavy atom. The number of carboxylic acid groups (broad SMARTS) is 1. The third kappa shape index (κ3) is 4.16. The van der Waals surface area contributed by atoms with E-state index in [9.17, 15) is 4.79 Å².